The Hall–Kier alpha value is -2.59. The van der Waals surface area contributed by atoms with Gasteiger partial charge >= 0.3 is 0 Å². The lowest BCUT2D eigenvalue weighted by Gasteiger charge is -2.10. The third-order valence-corrected chi connectivity index (χ3v) is 4.01. The molecule has 0 fully saturated rings. The number of rotatable bonds is 3. The zero-order chi connectivity index (χ0) is 14.8. The fraction of sp³-hybridized carbons (Fsp3) is 0.0769. The van der Waals surface area contributed by atoms with Crippen LogP contribution in [0.3, 0.4) is 0 Å². The monoisotopic (exact) mass is 288 g/mol. The molecule has 0 atom stereocenters. The van der Waals surface area contributed by atoms with E-state index in [0.29, 0.717) is 11.3 Å². The highest BCUT2D eigenvalue weighted by Gasteiger charge is 2.18. The van der Waals surface area contributed by atoms with Crippen LogP contribution >= 0.6 is 0 Å². The van der Waals surface area contributed by atoms with Gasteiger partial charge in [-0.2, -0.15) is 5.26 Å². The van der Waals surface area contributed by atoms with Crippen molar-refractivity contribution in [2.24, 2.45) is 0 Å². The first kappa shape index (κ1) is 13.8. The molecule has 20 heavy (non-hydrogen) atoms. The highest BCUT2D eigenvalue weighted by molar-refractivity contribution is 7.92. The first-order valence-corrected chi connectivity index (χ1v) is 7.15. The summed E-state index contributed by atoms with van der Waals surface area (Å²) in [7, 11) is -3.81. The van der Waals surface area contributed by atoms with Gasteiger partial charge in [0.05, 0.1) is 29.2 Å². The van der Waals surface area contributed by atoms with Gasteiger partial charge in [-0.05, 0) is 36.8 Å². The number of nitrogens with two attached hydrogens (primary N) is 1. The van der Waals surface area contributed by atoms with E-state index in [9.17, 15) is 8.42 Å². The number of nitrogens with zero attached hydrogens (tertiary/aromatic N) is 2. The molecule has 0 aliphatic carbocycles. The minimum Gasteiger partial charge on any atom is -0.398 e. The molecule has 0 radical (unpaired) electrons. The third kappa shape index (κ3) is 2.87. The van der Waals surface area contributed by atoms with E-state index >= 15 is 0 Å². The molecule has 0 aliphatic rings. The highest BCUT2D eigenvalue weighted by atomic mass is 32.2. The second kappa shape index (κ2) is 5.19. The summed E-state index contributed by atoms with van der Waals surface area (Å²) in [4.78, 5) is 3.84. The summed E-state index contributed by atoms with van der Waals surface area (Å²) in [6.45, 7) is 1.81. The molecule has 6 nitrogen and oxygen atoms in total. The largest absolute Gasteiger partial charge is 0.398 e. The molecule has 0 saturated carbocycles. The smallest absolute Gasteiger partial charge is 0.263 e. The van der Waals surface area contributed by atoms with Crippen molar-refractivity contribution in [3.05, 3.63) is 47.8 Å². The highest BCUT2D eigenvalue weighted by Crippen LogP contribution is 2.22. The second-order valence-corrected chi connectivity index (χ2v) is 5.87. The van der Waals surface area contributed by atoms with E-state index in [1.165, 1.54) is 24.4 Å². The number of sulfonamides is 1. The number of aryl methyl sites for hydroxylation is 1. The molecule has 102 valence electrons. The Bertz CT molecular complexity index is 794. The number of pyridine rings is 1. The quantitative estimate of drug-likeness (QED) is 0.834. The van der Waals surface area contributed by atoms with Gasteiger partial charge in [-0.1, -0.05) is 0 Å². The van der Waals surface area contributed by atoms with Gasteiger partial charge in [0.2, 0.25) is 0 Å². The molecule has 1 aromatic carbocycles. The molecular formula is C13H12N4O2S. The maximum atomic E-state index is 12.2. The maximum Gasteiger partial charge on any atom is 0.263 e. The minimum absolute atomic E-state index is 0.0252. The fourth-order valence-electron chi connectivity index (χ4n) is 1.68. The zero-order valence-corrected chi connectivity index (χ0v) is 11.5. The number of benzene rings is 1. The van der Waals surface area contributed by atoms with Crippen LogP contribution in [0.5, 0.6) is 0 Å². The number of hydrogen-bond donors (Lipinski definition) is 2. The van der Waals surface area contributed by atoms with E-state index in [4.69, 9.17) is 11.0 Å². The summed E-state index contributed by atoms with van der Waals surface area (Å²) in [5.41, 5.74) is 7.20. The van der Waals surface area contributed by atoms with Gasteiger partial charge in [-0.25, -0.2) is 8.42 Å². The van der Waals surface area contributed by atoms with Crippen LogP contribution in [-0.2, 0) is 10.0 Å². The van der Waals surface area contributed by atoms with Gasteiger partial charge in [-0.15, -0.1) is 0 Å². The predicted octanol–water partition coefficient (Wildman–Crippen LogP) is 1.64. The first-order chi connectivity index (χ1) is 9.42. The van der Waals surface area contributed by atoms with E-state index in [1.54, 1.807) is 19.2 Å². The average Bonchev–Trinajstić information content (AvgIpc) is 2.37. The SMILES string of the molecule is Cc1cncc(NS(=O)(=O)c2ccc(C#N)cc2N)c1. The molecule has 0 saturated heterocycles. The molecule has 1 heterocycles. The summed E-state index contributed by atoms with van der Waals surface area (Å²) in [6, 6.07) is 7.59. The van der Waals surface area contributed by atoms with Crippen LogP contribution in [0, 0.1) is 18.3 Å². The molecule has 0 unspecified atom stereocenters. The molecule has 0 amide bonds. The molecule has 0 spiro atoms. The van der Waals surface area contributed by atoms with Crippen molar-refractivity contribution in [2.45, 2.75) is 11.8 Å². The lowest BCUT2D eigenvalue weighted by molar-refractivity contribution is 0.601. The van der Waals surface area contributed by atoms with Gasteiger partial charge in [0.25, 0.3) is 10.0 Å². The Kier molecular flexibility index (Phi) is 3.59. The lowest BCUT2D eigenvalue weighted by atomic mass is 10.2. The van der Waals surface area contributed by atoms with Crippen molar-refractivity contribution < 1.29 is 8.42 Å². The molecule has 1 aromatic heterocycles. The van der Waals surface area contributed by atoms with E-state index < -0.39 is 10.0 Å². The Morgan fingerprint density at radius 1 is 1.30 bits per heavy atom. The van der Waals surface area contributed by atoms with Crippen molar-refractivity contribution in [3.8, 4) is 6.07 Å². The van der Waals surface area contributed by atoms with Crippen LogP contribution in [-0.4, -0.2) is 13.4 Å². The molecule has 7 heteroatoms. The third-order valence-electron chi connectivity index (χ3n) is 2.56. The molecule has 2 rings (SSSR count). The molecule has 0 aliphatic heterocycles. The molecule has 2 aromatic rings. The Morgan fingerprint density at radius 3 is 2.65 bits per heavy atom. The number of anilines is 2. The van der Waals surface area contributed by atoms with E-state index in [0.717, 1.165) is 5.56 Å². The topological polar surface area (TPSA) is 109 Å². The number of aromatic nitrogens is 1. The van der Waals surface area contributed by atoms with Crippen LogP contribution in [0.2, 0.25) is 0 Å². The molecule has 3 N–H and O–H groups in total. The van der Waals surface area contributed by atoms with Gasteiger partial charge in [0.15, 0.2) is 0 Å². The van der Waals surface area contributed by atoms with Gasteiger partial charge in [0, 0.05) is 6.20 Å². The second-order valence-electron chi connectivity index (χ2n) is 4.22. The van der Waals surface area contributed by atoms with Crippen molar-refractivity contribution >= 4 is 21.4 Å². The number of hydrogen-bond acceptors (Lipinski definition) is 5. The van der Waals surface area contributed by atoms with Crippen LogP contribution in [0.25, 0.3) is 0 Å². The summed E-state index contributed by atoms with van der Waals surface area (Å²) in [5.74, 6) is 0. The van der Waals surface area contributed by atoms with Crippen LogP contribution in [0.15, 0.2) is 41.6 Å². The Labute approximate surface area is 116 Å². The Balaban J connectivity index is 2.39. The minimum atomic E-state index is -3.81. The average molecular weight is 288 g/mol. The molecular weight excluding hydrogens is 276 g/mol. The van der Waals surface area contributed by atoms with E-state index in [1.807, 2.05) is 6.07 Å². The van der Waals surface area contributed by atoms with Crippen LogP contribution < -0.4 is 10.5 Å². The van der Waals surface area contributed by atoms with Crippen molar-refractivity contribution in [1.82, 2.24) is 4.98 Å². The number of nitriles is 1. The lowest BCUT2D eigenvalue weighted by Crippen LogP contribution is -2.15. The van der Waals surface area contributed by atoms with E-state index in [2.05, 4.69) is 9.71 Å². The number of nitrogen functional groups attached to an aromatic ring is 1. The summed E-state index contributed by atoms with van der Waals surface area (Å²) in [6.07, 6.45) is 3.03. The summed E-state index contributed by atoms with van der Waals surface area (Å²) >= 11 is 0. The van der Waals surface area contributed by atoms with Crippen molar-refractivity contribution in [3.63, 3.8) is 0 Å². The summed E-state index contributed by atoms with van der Waals surface area (Å²) in [5, 5.41) is 8.74. The van der Waals surface area contributed by atoms with Crippen molar-refractivity contribution in [1.29, 1.82) is 5.26 Å². The van der Waals surface area contributed by atoms with Crippen molar-refractivity contribution in [2.75, 3.05) is 10.5 Å². The van der Waals surface area contributed by atoms with Gasteiger partial charge in [-0.3, -0.25) is 9.71 Å². The normalized spacial score (nSPS) is 10.8. The van der Waals surface area contributed by atoms with Gasteiger partial charge < -0.3 is 5.73 Å². The van der Waals surface area contributed by atoms with Crippen LogP contribution in [0.4, 0.5) is 11.4 Å². The zero-order valence-electron chi connectivity index (χ0n) is 10.7. The molecule has 0 bridgehead atoms. The first-order valence-electron chi connectivity index (χ1n) is 5.66. The Morgan fingerprint density at radius 2 is 2.05 bits per heavy atom. The van der Waals surface area contributed by atoms with E-state index in [-0.39, 0.29) is 10.6 Å². The standard InChI is InChI=1S/C13H12N4O2S/c1-9-4-11(8-16-7-9)17-20(18,19)13-3-2-10(6-14)5-12(13)15/h2-5,7-8,17H,15H2,1H3. The maximum absolute atomic E-state index is 12.2. The fourth-order valence-corrected chi connectivity index (χ4v) is 2.83. The van der Waals surface area contributed by atoms with Crippen LogP contribution in [0.1, 0.15) is 11.1 Å². The summed E-state index contributed by atoms with van der Waals surface area (Å²) < 4.78 is 26.9. The predicted molar refractivity (Wildman–Crippen MR) is 75.4 cm³/mol. The van der Waals surface area contributed by atoms with Gasteiger partial charge in [0.1, 0.15) is 4.90 Å². The number of nitrogens with one attached hydrogen (secondary N) is 1.